The van der Waals surface area contributed by atoms with Gasteiger partial charge in [0.25, 0.3) is 0 Å². The lowest BCUT2D eigenvalue weighted by molar-refractivity contribution is -0.147. The summed E-state index contributed by atoms with van der Waals surface area (Å²) < 4.78 is 5.02. The quantitative estimate of drug-likeness (QED) is 0.674. The summed E-state index contributed by atoms with van der Waals surface area (Å²) in [4.78, 5) is 22.0. The van der Waals surface area contributed by atoms with E-state index in [2.05, 4.69) is 20.7 Å². The molecule has 0 fully saturated rings. The molecule has 2 atom stereocenters. The number of hydrogen-bond donors (Lipinski definition) is 3. The van der Waals surface area contributed by atoms with E-state index in [9.17, 15) is 19.8 Å². The fourth-order valence-corrected chi connectivity index (χ4v) is 2.22. The number of rotatable bonds is 6. The molecule has 0 aliphatic carbocycles. The molecule has 110 valence electrons. The summed E-state index contributed by atoms with van der Waals surface area (Å²) in [5, 5.41) is 28.6. The van der Waals surface area contributed by atoms with Gasteiger partial charge in [-0.15, -0.1) is 0 Å². The van der Waals surface area contributed by atoms with Gasteiger partial charge in [-0.1, -0.05) is 22.0 Å². The summed E-state index contributed by atoms with van der Waals surface area (Å²) >= 11 is 3.13. The van der Waals surface area contributed by atoms with E-state index in [-0.39, 0.29) is 18.6 Å². The monoisotopic (exact) mass is 346 g/mol. The Bertz CT molecular complexity index is 502. The third-order valence-corrected chi connectivity index (χ3v) is 3.30. The van der Waals surface area contributed by atoms with Crippen LogP contribution in [0.3, 0.4) is 0 Å². The van der Waals surface area contributed by atoms with Crippen LogP contribution in [-0.4, -0.2) is 40.0 Å². The first-order chi connectivity index (χ1) is 9.36. The summed E-state index contributed by atoms with van der Waals surface area (Å²) in [6.07, 6.45) is -3.00. The molecule has 0 saturated heterocycles. The van der Waals surface area contributed by atoms with Crippen molar-refractivity contribution >= 4 is 27.9 Å². The third kappa shape index (κ3) is 4.29. The average molecular weight is 347 g/mol. The molecule has 1 aromatic rings. The van der Waals surface area contributed by atoms with Crippen LogP contribution in [0.4, 0.5) is 0 Å². The number of ether oxygens (including phenoxy) is 1. The first-order valence-electron chi connectivity index (χ1n) is 5.91. The van der Waals surface area contributed by atoms with E-state index < -0.39 is 24.1 Å². The zero-order chi connectivity index (χ0) is 15.3. The minimum atomic E-state index is -1.33. The van der Waals surface area contributed by atoms with E-state index in [0.717, 1.165) is 0 Å². The molecular formula is C13H15BrO6. The van der Waals surface area contributed by atoms with Gasteiger partial charge in [0.15, 0.2) is 0 Å². The fourth-order valence-electron chi connectivity index (χ4n) is 1.61. The van der Waals surface area contributed by atoms with Crippen molar-refractivity contribution in [1.82, 2.24) is 0 Å². The Morgan fingerprint density at radius 3 is 2.50 bits per heavy atom. The maximum Gasteiger partial charge on any atom is 0.335 e. The summed E-state index contributed by atoms with van der Waals surface area (Å²) in [7, 11) is 0. The van der Waals surface area contributed by atoms with Crippen LogP contribution in [0.5, 0.6) is 0 Å². The Hall–Kier alpha value is -1.44. The van der Waals surface area contributed by atoms with E-state index in [1.165, 1.54) is 18.2 Å². The van der Waals surface area contributed by atoms with Gasteiger partial charge < -0.3 is 20.1 Å². The smallest absolute Gasteiger partial charge is 0.335 e. The first-order valence-corrected chi connectivity index (χ1v) is 6.70. The standard InChI is InChI=1S/C13H15BrO6/c1-2-20-11(16)6-10(15)12(17)8-4-3-7(13(18)19)5-9(8)14/h3-5,10,12,15,17H,2,6H2,1H3,(H,18,19). The highest BCUT2D eigenvalue weighted by Crippen LogP contribution is 2.28. The van der Waals surface area contributed by atoms with E-state index in [1.807, 2.05) is 0 Å². The predicted octanol–water partition coefficient (Wildman–Crippen LogP) is 1.49. The molecule has 0 radical (unpaired) electrons. The lowest BCUT2D eigenvalue weighted by atomic mass is 10.0. The molecule has 3 N–H and O–H groups in total. The zero-order valence-electron chi connectivity index (χ0n) is 10.7. The number of esters is 1. The number of carboxylic acid groups (broad SMARTS) is 1. The summed E-state index contributed by atoms with van der Waals surface area (Å²) in [5.41, 5.74) is 0.347. The van der Waals surface area contributed by atoms with Crippen molar-refractivity contribution in [3.05, 3.63) is 33.8 Å². The largest absolute Gasteiger partial charge is 0.478 e. The molecule has 6 nitrogen and oxygen atoms in total. The molecule has 0 spiro atoms. The maximum absolute atomic E-state index is 11.2. The van der Waals surface area contributed by atoms with Crippen LogP contribution in [-0.2, 0) is 9.53 Å². The molecule has 0 amide bonds. The van der Waals surface area contributed by atoms with Crippen LogP contribution < -0.4 is 0 Å². The van der Waals surface area contributed by atoms with Crippen LogP contribution in [0, 0.1) is 0 Å². The van der Waals surface area contributed by atoms with E-state index in [4.69, 9.17) is 5.11 Å². The molecule has 1 rings (SSSR count). The second-order valence-electron chi connectivity index (χ2n) is 4.06. The topological polar surface area (TPSA) is 104 Å². The number of carbonyl (C=O) groups excluding carboxylic acids is 1. The molecule has 0 aliphatic rings. The second-order valence-corrected chi connectivity index (χ2v) is 4.92. The summed E-state index contributed by atoms with van der Waals surface area (Å²) in [6, 6.07) is 4.01. The lowest BCUT2D eigenvalue weighted by Crippen LogP contribution is -2.23. The Morgan fingerprint density at radius 2 is 2.00 bits per heavy atom. The van der Waals surface area contributed by atoms with Crippen molar-refractivity contribution in [3.63, 3.8) is 0 Å². The molecular weight excluding hydrogens is 332 g/mol. The van der Waals surface area contributed by atoms with Crippen LogP contribution in [0.2, 0.25) is 0 Å². The van der Waals surface area contributed by atoms with Gasteiger partial charge in [0, 0.05) is 4.47 Å². The van der Waals surface area contributed by atoms with Gasteiger partial charge in [0.1, 0.15) is 6.10 Å². The highest BCUT2D eigenvalue weighted by molar-refractivity contribution is 9.10. The number of aliphatic hydroxyl groups is 2. The molecule has 1 aromatic carbocycles. The Labute approximate surface area is 124 Å². The van der Waals surface area contributed by atoms with Gasteiger partial charge in [0.2, 0.25) is 0 Å². The fraction of sp³-hybridized carbons (Fsp3) is 0.385. The van der Waals surface area contributed by atoms with E-state index in [1.54, 1.807) is 6.92 Å². The van der Waals surface area contributed by atoms with Crippen molar-refractivity contribution in [3.8, 4) is 0 Å². The van der Waals surface area contributed by atoms with Gasteiger partial charge in [-0.2, -0.15) is 0 Å². The van der Waals surface area contributed by atoms with Gasteiger partial charge in [-0.3, -0.25) is 4.79 Å². The van der Waals surface area contributed by atoms with Crippen molar-refractivity contribution in [2.45, 2.75) is 25.6 Å². The van der Waals surface area contributed by atoms with Gasteiger partial charge in [0.05, 0.1) is 24.7 Å². The normalized spacial score (nSPS) is 13.6. The molecule has 0 heterocycles. The zero-order valence-corrected chi connectivity index (χ0v) is 12.3. The minimum Gasteiger partial charge on any atom is -0.478 e. The molecule has 20 heavy (non-hydrogen) atoms. The summed E-state index contributed by atoms with van der Waals surface area (Å²) in [6.45, 7) is 1.83. The van der Waals surface area contributed by atoms with E-state index in [0.29, 0.717) is 10.0 Å². The highest BCUT2D eigenvalue weighted by atomic mass is 79.9. The number of carbonyl (C=O) groups is 2. The van der Waals surface area contributed by atoms with E-state index >= 15 is 0 Å². The second kappa shape index (κ2) is 7.37. The number of aromatic carboxylic acids is 1. The summed E-state index contributed by atoms with van der Waals surface area (Å²) in [5.74, 6) is -1.71. The first kappa shape index (κ1) is 16.6. The van der Waals surface area contributed by atoms with Crippen molar-refractivity contribution in [1.29, 1.82) is 0 Å². The Kier molecular flexibility index (Phi) is 6.12. The molecule has 2 unspecified atom stereocenters. The number of carboxylic acids is 1. The molecule has 0 saturated carbocycles. The third-order valence-electron chi connectivity index (χ3n) is 2.61. The van der Waals surface area contributed by atoms with Crippen molar-refractivity contribution in [2.24, 2.45) is 0 Å². The maximum atomic E-state index is 11.2. The number of hydrogen-bond acceptors (Lipinski definition) is 5. The lowest BCUT2D eigenvalue weighted by Gasteiger charge is -2.18. The van der Waals surface area contributed by atoms with Crippen LogP contribution in [0.25, 0.3) is 0 Å². The number of benzene rings is 1. The molecule has 7 heteroatoms. The van der Waals surface area contributed by atoms with Crippen molar-refractivity contribution < 1.29 is 29.6 Å². The highest BCUT2D eigenvalue weighted by Gasteiger charge is 2.24. The SMILES string of the molecule is CCOC(=O)CC(O)C(O)c1ccc(C(=O)O)cc1Br. The van der Waals surface area contributed by atoms with Crippen LogP contribution in [0.15, 0.2) is 22.7 Å². The average Bonchev–Trinajstić information content (AvgIpc) is 2.37. The molecule has 0 bridgehead atoms. The van der Waals surface area contributed by atoms with Gasteiger partial charge in [-0.25, -0.2) is 4.79 Å². The van der Waals surface area contributed by atoms with Crippen molar-refractivity contribution in [2.75, 3.05) is 6.61 Å². The number of halogens is 1. The molecule has 0 aromatic heterocycles. The van der Waals surface area contributed by atoms with Crippen LogP contribution >= 0.6 is 15.9 Å². The molecule has 0 aliphatic heterocycles. The van der Waals surface area contributed by atoms with Crippen LogP contribution in [0.1, 0.15) is 35.4 Å². The van der Waals surface area contributed by atoms with Gasteiger partial charge >= 0.3 is 11.9 Å². The van der Waals surface area contributed by atoms with Gasteiger partial charge in [-0.05, 0) is 24.6 Å². The minimum absolute atomic E-state index is 0.0488. The number of aliphatic hydroxyl groups excluding tert-OH is 2. The Balaban J connectivity index is 2.83. The predicted molar refractivity (Wildman–Crippen MR) is 73.3 cm³/mol. The Morgan fingerprint density at radius 1 is 1.35 bits per heavy atom.